The van der Waals surface area contributed by atoms with Crippen LogP contribution in [0.1, 0.15) is 30.9 Å². The monoisotopic (exact) mass is 274 g/mol. The van der Waals surface area contributed by atoms with Gasteiger partial charge in [0.1, 0.15) is 11.9 Å². The number of alkyl halides is 2. The van der Waals surface area contributed by atoms with E-state index < -0.39 is 36.3 Å². The summed E-state index contributed by atoms with van der Waals surface area (Å²) in [5.41, 5.74) is 0.163. The van der Waals surface area contributed by atoms with E-state index in [2.05, 4.69) is 0 Å². The molecule has 0 saturated heterocycles. The van der Waals surface area contributed by atoms with Crippen LogP contribution in [0.15, 0.2) is 24.3 Å². The molecule has 1 fully saturated rings. The van der Waals surface area contributed by atoms with Crippen molar-refractivity contribution < 1.29 is 27.8 Å². The standard InChI is InChI=1S/C13H13F3O3/c14-9-3-1-8(2-4-9)11(17)12(18)19-10-5-6-13(15,16)7-10/h1-4,10-11,17H,5-7H2. The zero-order chi connectivity index (χ0) is 14.0. The minimum absolute atomic E-state index is 0.0783. The van der Waals surface area contributed by atoms with Gasteiger partial charge in [0, 0.05) is 12.8 Å². The van der Waals surface area contributed by atoms with Gasteiger partial charge in [-0.2, -0.15) is 0 Å². The van der Waals surface area contributed by atoms with Crippen LogP contribution in [-0.2, 0) is 9.53 Å². The third-order valence-corrected chi connectivity index (χ3v) is 3.05. The van der Waals surface area contributed by atoms with E-state index in [1.165, 1.54) is 12.1 Å². The number of aliphatic hydroxyl groups is 1. The number of ether oxygens (including phenoxy) is 1. The quantitative estimate of drug-likeness (QED) is 0.862. The molecule has 0 spiro atoms. The van der Waals surface area contributed by atoms with Crippen LogP contribution in [0.3, 0.4) is 0 Å². The molecule has 19 heavy (non-hydrogen) atoms. The largest absolute Gasteiger partial charge is 0.460 e. The molecule has 0 radical (unpaired) electrons. The Morgan fingerprint density at radius 3 is 2.53 bits per heavy atom. The topological polar surface area (TPSA) is 46.5 Å². The first-order valence-electron chi connectivity index (χ1n) is 5.89. The van der Waals surface area contributed by atoms with E-state index >= 15 is 0 Å². The van der Waals surface area contributed by atoms with E-state index in [-0.39, 0.29) is 18.4 Å². The molecule has 0 aromatic heterocycles. The predicted octanol–water partition coefficient (Wildman–Crippen LogP) is 2.59. The van der Waals surface area contributed by atoms with Gasteiger partial charge in [-0.05, 0) is 24.1 Å². The first kappa shape index (κ1) is 13.9. The molecule has 1 saturated carbocycles. The van der Waals surface area contributed by atoms with Crippen molar-refractivity contribution in [2.45, 2.75) is 37.4 Å². The third kappa shape index (κ3) is 3.47. The zero-order valence-electron chi connectivity index (χ0n) is 9.98. The maximum absolute atomic E-state index is 12.9. The van der Waals surface area contributed by atoms with Crippen molar-refractivity contribution in [1.82, 2.24) is 0 Å². The summed E-state index contributed by atoms with van der Waals surface area (Å²) in [4.78, 5) is 11.6. The van der Waals surface area contributed by atoms with Crippen molar-refractivity contribution in [2.75, 3.05) is 0 Å². The smallest absolute Gasteiger partial charge is 0.339 e. The SMILES string of the molecule is O=C(OC1CCC(F)(F)C1)C(O)c1ccc(F)cc1. The van der Waals surface area contributed by atoms with E-state index in [1.54, 1.807) is 0 Å². The van der Waals surface area contributed by atoms with Gasteiger partial charge in [0.2, 0.25) is 0 Å². The Morgan fingerprint density at radius 1 is 1.37 bits per heavy atom. The molecule has 2 rings (SSSR count). The van der Waals surface area contributed by atoms with Crippen LogP contribution in [0.25, 0.3) is 0 Å². The molecule has 3 nitrogen and oxygen atoms in total. The summed E-state index contributed by atoms with van der Waals surface area (Å²) >= 11 is 0. The van der Waals surface area contributed by atoms with Crippen molar-refractivity contribution in [3.05, 3.63) is 35.6 Å². The Labute approximate surface area is 108 Å². The number of hydrogen-bond acceptors (Lipinski definition) is 3. The average Bonchev–Trinajstić information content (AvgIpc) is 2.68. The van der Waals surface area contributed by atoms with Crippen LogP contribution >= 0.6 is 0 Å². The van der Waals surface area contributed by atoms with Gasteiger partial charge in [-0.3, -0.25) is 0 Å². The highest BCUT2D eigenvalue weighted by Crippen LogP contribution is 2.36. The number of carbonyl (C=O) groups is 1. The molecular formula is C13H13F3O3. The van der Waals surface area contributed by atoms with Gasteiger partial charge in [0.25, 0.3) is 5.92 Å². The fourth-order valence-electron chi connectivity index (χ4n) is 2.02. The molecule has 1 aromatic carbocycles. The van der Waals surface area contributed by atoms with Crippen molar-refractivity contribution in [3.63, 3.8) is 0 Å². The van der Waals surface area contributed by atoms with Gasteiger partial charge in [0.15, 0.2) is 6.10 Å². The summed E-state index contributed by atoms with van der Waals surface area (Å²) < 4.78 is 43.3. The Balaban J connectivity index is 1.95. The molecule has 1 aliphatic carbocycles. The van der Waals surface area contributed by atoms with Gasteiger partial charge in [0.05, 0.1) is 0 Å². The zero-order valence-corrected chi connectivity index (χ0v) is 9.98. The molecule has 2 unspecified atom stereocenters. The van der Waals surface area contributed by atoms with E-state index in [0.717, 1.165) is 12.1 Å². The number of aliphatic hydroxyl groups excluding tert-OH is 1. The number of hydrogen-bond donors (Lipinski definition) is 1. The lowest BCUT2D eigenvalue weighted by atomic mass is 10.1. The molecule has 0 amide bonds. The highest BCUT2D eigenvalue weighted by atomic mass is 19.3. The summed E-state index contributed by atoms with van der Waals surface area (Å²) in [5, 5.41) is 9.69. The van der Waals surface area contributed by atoms with Gasteiger partial charge < -0.3 is 9.84 Å². The maximum Gasteiger partial charge on any atom is 0.339 e. The molecular weight excluding hydrogens is 261 g/mol. The van der Waals surface area contributed by atoms with Gasteiger partial charge in [-0.25, -0.2) is 18.0 Å². The lowest BCUT2D eigenvalue weighted by Gasteiger charge is -2.15. The Bertz CT molecular complexity index is 459. The van der Waals surface area contributed by atoms with Crippen LogP contribution < -0.4 is 0 Å². The van der Waals surface area contributed by atoms with E-state index in [0.29, 0.717) is 0 Å². The second-order valence-electron chi connectivity index (χ2n) is 4.61. The number of benzene rings is 1. The lowest BCUT2D eigenvalue weighted by Crippen LogP contribution is -2.22. The predicted molar refractivity (Wildman–Crippen MR) is 60.0 cm³/mol. The van der Waals surface area contributed by atoms with E-state index in [4.69, 9.17) is 4.74 Å². The van der Waals surface area contributed by atoms with Crippen LogP contribution in [0.2, 0.25) is 0 Å². The molecule has 6 heteroatoms. The van der Waals surface area contributed by atoms with Crippen molar-refractivity contribution >= 4 is 5.97 Å². The van der Waals surface area contributed by atoms with Crippen molar-refractivity contribution in [3.8, 4) is 0 Å². The highest BCUT2D eigenvalue weighted by Gasteiger charge is 2.41. The summed E-state index contributed by atoms with van der Waals surface area (Å²) in [7, 11) is 0. The highest BCUT2D eigenvalue weighted by molar-refractivity contribution is 5.76. The summed E-state index contributed by atoms with van der Waals surface area (Å²) in [5.74, 6) is -4.31. The van der Waals surface area contributed by atoms with Gasteiger partial charge in [-0.1, -0.05) is 12.1 Å². The molecule has 1 aliphatic rings. The van der Waals surface area contributed by atoms with Crippen LogP contribution in [0.5, 0.6) is 0 Å². The summed E-state index contributed by atoms with van der Waals surface area (Å²) in [6.45, 7) is 0. The second-order valence-corrected chi connectivity index (χ2v) is 4.61. The number of esters is 1. The molecule has 104 valence electrons. The molecule has 2 atom stereocenters. The molecule has 0 aliphatic heterocycles. The fourth-order valence-corrected chi connectivity index (χ4v) is 2.02. The van der Waals surface area contributed by atoms with Crippen molar-refractivity contribution in [1.29, 1.82) is 0 Å². The van der Waals surface area contributed by atoms with E-state index in [1.807, 2.05) is 0 Å². The van der Waals surface area contributed by atoms with Crippen LogP contribution in [0.4, 0.5) is 13.2 Å². The Kier molecular flexibility index (Phi) is 3.80. The minimum Gasteiger partial charge on any atom is -0.460 e. The average molecular weight is 274 g/mol. The Hall–Kier alpha value is -1.56. The lowest BCUT2D eigenvalue weighted by molar-refractivity contribution is -0.160. The van der Waals surface area contributed by atoms with Crippen LogP contribution in [0, 0.1) is 5.82 Å². The van der Waals surface area contributed by atoms with Gasteiger partial charge >= 0.3 is 5.97 Å². The van der Waals surface area contributed by atoms with Crippen LogP contribution in [-0.4, -0.2) is 23.1 Å². The Morgan fingerprint density at radius 2 is 2.00 bits per heavy atom. The molecule has 0 heterocycles. The fraction of sp³-hybridized carbons (Fsp3) is 0.462. The minimum atomic E-state index is -2.81. The summed E-state index contributed by atoms with van der Waals surface area (Å²) in [6.07, 6.45) is -3.23. The normalized spacial score (nSPS) is 23.1. The van der Waals surface area contributed by atoms with Gasteiger partial charge in [-0.15, -0.1) is 0 Å². The molecule has 1 N–H and O–H groups in total. The summed E-state index contributed by atoms with van der Waals surface area (Å²) in [6, 6.07) is 4.67. The third-order valence-electron chi connectivity index (χ3n) is 3.05. The molecule has 1 aromatic rings. The number of carbonyl (C=O) groups excluding carboxylic acids is 1. The maximum atomic E-state index is 12.9. The second kappa shape index (κ2) is 5.21. The number of halogens is 3. The molecule has 0 bridgehead atoms. The van der Waals surface area contributed by atoms with Crippen molar-refractivity contribution in [2.24, 2.45) is 0 Å². The van der Waals surface area contributed by atoms with E-state index in [9.17, 15) is 23.1 Å². The first-order chi connectivity index (χ1) is 8.87. The first-order valence-corrected chi connectivity index (χ1v) is 5.89. The number of rotatable bonds is 3.